The molecule has 2 rings (SSSR count). The number of esters is 2. The molecule has 0 aliphatic rings. The van der Waals surface area contributed by atoms with E-state index in [2.05, 4.69) is 6.58 Å². The van der Waals surface area contributed by atoms with E-state index in [1.54, 1.807) is 41.5 Å². The highest BCUT2D eigenvalue weighted by atomic mass is 35.5. The summed E-state index contributed by atoms with van der Waals surface area (Å²) in [6, 6.07) is 9.20. The van der Waals surface area contributed by atoms with E-state index in [0.717, 1.165) is 0 Å². The van der Waals surface area contributed by atoms with Crippen molar-refractivity contribution in [3.05, 3.63) is 59.6 Å². The second kappa shape index (κ2) is 11.8. The molecule has 0 unspecified atom stereocenters. The Kier molecular flexibility index (Phi) is 9.30. The van der Waals surface area contributed by atoms with Crippen molar-refractivity contribution in [1.29, 1.82) is 0 Å². The average Bonchev–Trinajstić information content (AvgIpc) is 2.73. The van der Waals surface area contributed by atoms with Crippen LogP contribution in [0.3, 0.4) is 0 Å². The fourth-order valence-corrected chi connectivity index (χ4v) is 2.46. The molecular weight excluding hydrogens is 508 g/mol. The monoisotopic (exact) mass is 534 g/mol. The van der Waals surface area contributed by atoms with Crippen molar-refractivity contribution in [3.8, 4) is 23.0 Å². The summed E-state index contributed by atoms with van der Waals surface area (Å²) in [6.07, 6.45) is -2.11. The van der Waals surface area contributed by atoms with Gasteiger partial charge in [0.1, 0.15) is 27.7 Å². The van der Waals surface area contributed by atoms with Crippen LogP contribution in [0.2, 0.25) is 0 Å². The number of carbonyl (C=O) groups is 4. The first-order chi connectivity index (χ1) is 17.0. The van der Waals surface area contributed by atoms with Gasteiger partial charge in [-0.3, -0.25) is 0 Å². The minimum absolute atomic E-state index is 0.0333. The van der Waals surface area contributed by atoms with Crippen molar-refractivity contribution in [3.63, 3.8) is 0 Å². The smallest absolute Gasteiger partial charge is 0.428 e. The molecule has 0 aromatic heterocycles. The van der Waals surface area contributed by atoms with Gasteiger partial charge in [0.25, 0.3) is 0 Å². The van der Waals surface area contributed by atoms with E-state index in [9.17, 15) is 19.2 Å². The molecule has 0 saturated heterocycles. The Morgan fingerprint density at radius 3 is 1.65 bits per heavy atom. The molecule has 2 aromatic rings. The Hall–Kier alpha value is -4.05. The topological polar surface area (TPSA) is 124 Å². The molecule has 0 aliphatic heterocycles. The standard InChI is InChI=1S/C26H27ClO10/c1-15(27)21(28)32-17-10-8-16(9-11-17)22(29)33-18-12-13-19(34-23(30)36-25(2,3)4)20(14-18)35-24(31)37-26(5,6)7/h8-14H,1H2,2-7H3. The predicted octanol–water partition coefficient (Wildman–Crippen LogP) is 6.19. The van der Waals surface area contributed by atoms with Crippen LogP contribution in [0, 0.1) is 0 Å². The predicted molar refractivity (Wildman–Crippen MR) is 132 cm³/mol. The SMILES string of the molecule is C=C(Cl)C(=O)Oc1ccc(C(=O)Oc2ccc(OC(=O)OC(C)(C)C)c(OC(=O)OC(C)(C)C)c2)cc1. The lowest BCUT2D eigenvalue weighted by atomic mass is 10.2. The number of ether oxygens (including phenoxy) is 6. The first kappa shape index (κ1) is 29.2. The molecule has 0 amide bonds. The van der Waals surface area contributed by atoms with Crippen LogP contribution in [0.25, 0.3) is 0 Å². The summed E-state index contributed by atoms with van der Waals surface area (Å²) in [5.74, 6) is -1.93. The first-order valence-electron chi connectivity index (χ1n) is 10.9. The minimum atomic E-state index is -1.07. The van der Waals surface area contributed by atoms with Gasteiger partial charge >= 0.3 is 24.2 Å². The molecular formula is C26H27ClO10. The third kappa shape index (κ3) is 10.2. The molecule has 0 heterocycles. The maximum Gasteiger partial charge on any atom is 0.514 e. The van der Waals surface area contributed by atoms with E-state index in [4.69, 9.17) is 40.0 Å². The summed E-state index contributed by atoms with van der Waals surface area (Å²) in [4.78, 5) is 48.4. The summed E-state index contributed by atoms with van der Waals surface area (Å²) < 4.78 is 30.9. The van der Waals surface area contributed by atoms with Crippen LogP contribution < -0.4 is 18.9 Å². The molecule has 0 bridgehead atoms. The van der Waals surface area contributed by atoms with Crippen molar-refractivity contribution in [1.82, 2.24) is 0 Å². The molecule has 37 heavy (non-hydrogen) atoms. The van der Waals surface area contributed by atoms with Crippen molar-refractivity contribution in [2.45, 2.75) is 52.7 Å². The first-order valence-corrected chi connectivity index (χ1v) is 11.2. The van der Waals surface area contributed by atoms with Gasteiger partial charge in [0.15, 0.2) is 11.5 Å². The number of halogens is 1. The van der Waals surface area contributed by atoms with Crippen molar-refractivity contribution < 1.29 is 47.6 Å². The highest BCUT2D eigenvalue weighted by molar-refractivity contribution is 6.41. The molecule has 10 nitrogen and oxygen atoms in total. The second-order valence-corrected chi connectivity index (χ2v) is 9.91. The summed E-state index contributed by atoms with van der Waals surface area (Å²) >= 11 is 5.48. The molecule has 0 saturated carbocycles. The van der Waals surface area contributed by atoms with Gasteiger partial charge in [0.05, 0.1) is 5.56 Å². The number of rotatable bonds is 6. The van der Waals surface area contributed by atoms with Crippen LogP contribution in [0.4, 0.5) is 9.59 Å². The van der Waals surface area contributed by atoms with E-state index in [1.165, 1.54) is 42.5 Å². The normalized spacial score (nSPS) is 11.1. The lowest BCUT2D eigenvalue weighted by Crippen LogP contribution is -2.27. The number of benzene rings is 2. The molecule has 11 heteroatoms. The van der Waals surface area contributed by atoms with E-state index in [0.29, 0.717) is 0 Å². The third-order valence-electron chi connectivity index (χ3n) is 3.81. The highest BCUT2D eigenvalue weighted by Crippen LogP contribution is 2.33. The van der Waals surface area contributed by atoms with E-state index < -0.39 is 35.5 Å². The lowest BCUT2D eigenvalue weighted by molar-refractivity contribution is -0.129. The van der Waals surface area contributed by atoms with Gasteiger partial charge in [-0.2, -0.15) is 0 Å². The zero-order chi connectivity index (χ0) is 28.0. The minimum Gasteiger partial charge on any atom is -0.428 e. The zero-order valence-electron chi connectivity index (χ0n) is 21.2. The van der Waals surface area contributed by atoms with Crippen LogP contribution in [0.5, 0.6) is 23.0 Å². The van der Waals surface area contributed by atoms with Gasteiger partial charge < -0.3 is 28.4 Å². The molecule has 0 fully saturated rings. The molecule has 0 N–H and O–H groups in total. The molecule has 0 radical (unpaired) electrons. The van der Waals surface area contributed by atoms with Gasteiger partial charge in [-0.25, -0.2) is 19.2 Å². The Morgan fingerprint density at radius 1 is 0.676 bits per heavy atom. The maximum absolute atomic E-state index is 12.6. The fraction of sp³-hybridized carbons (Fsp3) is 0.308. The van der Waals surface area contributed by atoms with Crippen LogP contribution in [-0.2, 0) is 14.3 Å². The van der Waals surface area contributed by atoms with Gasteiger partial charge in [0.2, 0.25) is 0 Å². The number of hydrogen-bond acceptors (Lipinski definition) is 10. The lowest BCUT2D eigenvalue weighted by Gasteiger charge is -2.21. The van der Waals surface area contributed by atoms with E-state index in [1.807, 2.05) is 0 Å². The zero-order valence-corrected chi connectivity index (χ0v) is 22.0. The van der Waals surface area contributed by atoms with Gasteiger partial charge in [-0.15, -0.1) is 0 Å². The Balaban J connectivity index is 2.23. The molecule has 0 spiro atoms. The largest absolute Gasteiger partial charge is 0.514 e. The van der Waals surface area contributed by atoms with Crippen molar-refractivity contribution in [2.24, 2.45) is 0 Å². The van der Waals surface area contributed by atoms with Crippen molar-refractivity contribution >= 4 is 35.9 Å². The van der Waals surface area contributed by atoms with Crippen LogP contribution in [-0.4, -0.2) is 35.5 Å². The fourth-order valence-electron chi connectivity index (χ4n) is 2.42. The van der Waals surface area contributed by atoms with E-state index >= 15 is 0 Å². The van der Waals surface area contributed by atoms with Crippen LogP contribution in [0.1, 0.15) is 51.9 Å². The summed E-state index contributed by atoms with van der Waals surface area (Å²) in [6.45, 7) is 13.1. The number of carbonyl (C=O) groups excluding carboxylic acids is 4. The van der Waals surface area contributed by atoms with Gasteiger partial charge in [-0.05, 0) is 77.9 Å². The van der Waals surface area contributed by atoms with Crippen LogP contribution >= 0.6 is 11.6 Å². The summed E-state index contributed by atoms with van der Waals surface area (Å²) in [7, 11) is 0. The number of hydrogen-bond donors (Lipinski definition) is 0. The summed E-state index contributed by atoms with van der Waals surface area (Å²) in [5.41, 5.74) is -1.57. The second-order valence-electron chi connectivity index (χ2n) is 9.45. The maximum atomic E-state index is 12.6. The Labute approximate surface area is 219 Å². The van der Waals surface area contributed by atoms with Crippen molar-refractivity contribution in [2.75, 3.05) is 0 Å². The Bertz CT molecular complexity index is 1190. The quantitative estimate of drug-likeness (QED) is 0.183. The molecule has 0 atom stereocenters. The Morgan fingerprint density at radius 2 is 1.16 bits per heavy atom. The molecule has 2 aromatic carbocycles. The highest BCUT2D eigenvalue weighted by Gasteiger charge is 2.24. The van der Waals surface area contributed by atoms with Crippen LogP contribution in [0.15, 0.2) is 54.1 Å². The molecule has 0 aliphatic carbocycles. The van der Waals surface area contributed by atoms with Gasteiger partial charge in [0, 0.05) is 6.07 Å². The third-order valence-corrected chi connectivity index (χ3v) is 3.97. The van der Waals surface area contributed by atoms with E-state index in [-0.39, 0.29) is 33.6 Å². The average molecular weight is 535 g/mol. The molecule has 198 valence electrons. The summed E-state index contributed by atoms with van der Waals surface area (Å²) in [5, 5.41) is -0.299. The van der Waals surface area contributed by atoms with Gasteiger partial charge in [-0.1, -0.05) is 18.2 Å².